The third kappa shape index (κ3) is 3.75. The molecule has 0 N–H and O–H groups in total. The van der Waals surface area contributed by atoms with Gasteiger partial charge in [0.05, 0.1) is 6.07 Å². The maximum atomic E-state index is 8.36. The van der Waals surface area contributed by atoms with Crippen molar-refractivity contribution in [2.24, 2.45) is 0 Å². The van der Waals surface area contributed by atoms with Gasteiger partial charge in [0.25, 0.3) is 0 Å². The molecule has 0 heterocycles. The lowest BCUT2D eigenvalue weighted by Crippen LogP contribution is -2.05. The van der Waals surface area contributed by atoms with Crippen LogP contribution >= 0.6 is 0 Å². The lowest BCUT2D eigenvalue weighted by molar-refractivity contribution is 0.133. The van der Waals surface area contributed by atoms with Gasteiger partial charge < -0.3 is 4.74 Å². The first-order valence-electron chi connectivity index (χ1n) is 2.99. The molecule has 0 saturated heterocycles. The van der Waals surface area contributed by atoms with Gasteiger partial charge in [-0.3, -0.25) is 0 Å². The van der Waals surface area contributed by atoms with E-state index < -0.39 is 0 Å². The molecule has 0 aliphatic heterocycles. The highest BCUT2D eigenvalue weighted by Gasteiger charge is 1.96. The highest BCUT2D eigenvalue weighted by molar-refractivity contribution is 5.00. The summed E-state index contributed by atoms with van der Waals surface area (Å²) >= 11 is 0. The van der Waals surface area contributed by atoms with Crippen LogP contribution in [0.15, 0.2) is 12.2 Å². The van der Waals surface area contributed by atoms with Crippen LogP contribution < -0.4 is 0 Å². The maximum absolute atomic E-state index is 8.36. The molecule has 0 aromatic rings. The van der Waals surface area contributed by atoms with Crippen molar-refractivity contribution in [3.63, 3.8) is 0 Å². The highest BCUT2D eigenvalue weighted by atomic mass is 16.5. The first kappa shape index (κ1) is 8.19. The second-order valence-electron chi connectivity index (χ2n) is 1.53. The number of hydrogen-bond donors (Lipinski definition) is 0. The Morgan fingerprint density at radius 3 is 2.78 bits per heavy atom. The van der Waals surface area contributed by atoms with Gasteiger partial charge in [-0.1, -0.05) is 6.08 Å². The van der Waals surface area contributed by atoms with E-state index in [1.165, 1.54) is 0 Å². The number of nitrogens with zero attached hydrogens (tertiary/aromatic N) is 1. The summed E-state index contributed by atoms with van der Waals surface area (Å²) in [6, 6.07) is 1.99. The average Bonchev–Trinajstić information content (AvgIpc) is 1.88. The van der Waals surface area contributed by atoms with E-state index in [2.05, 4.69) is 0 Å². The van der Waals surface area contributed by atoms with Crippen LogP contribution in [0.1, 0.15) is 13.8 Å². The van der Waals surface area contributed by atoms with Gasteiger partial charge >= 0.3 is 0 Å². The molecule has 2 heteroatoms. The summed E-state index contributed by atoms with van der Waals surface area (Å²) in [4.78, 5) is 0. The Balaban J connectivity index is 3.58. The Labute approximate surface area is 55.7 Å². The van der Waals surface area contributed by atoms with E-state index in [1.807, 2.05) is 26.0 Å². The lowest BCUT2D eigenvalue weighted by atomic mass is 10.3. The number of nitriles is 1. The van der Waals surface area contributed by atoms with Gasteiger partial charge in [-0.25, -0.2) is 0 Å². The minimum absolute atomic E-state index is 0.361. The van der Waals surface area contributed by atoms with Gasteiger partial charge in [0.2, 0.25) is 0 Å². The number of allylic oxidation sites excluding steroid dienone is 1. The van der Waals surface area contributed by atoms with Gasteiger partial charge in [0.15, 0.2) is 6.10 Å². The zero-order chi connectivity index (χ0) is 7.11. The standard InChI is InChI=1S/C7H11NO/c1-3-5-7(6-8)9-4-2/h3,5,7H,4H2,1-2H3. The van der Waals surface area contributed by atoms with Crippen molar-refractivity contribution >= 4 is 0 Å². The summed E-state index contributed by atoms with van der Waals surface area (Å²) in [6.45, 7) is 4.32. The Kier molecular flexibility index (Phi) is 4.85. The molecule has 0 radical (unpaired) electrons. The Bertz CT molecular complexity index is 123. The molecule has 50 valence electrons. The van der Waals surface area contributed by atoms with Crippen molar-refractivity contribution in [3.8, 4) is 6.07 Å². The zero-order valence-electron chi connectivity index (χ0n) is 5.79. The molecule has 0 aromatic carbocycles. The molecule has 0 saturated carbocycles. The van der Waals surface area contributed by atoms with Crippen molar-refractivity contribution in [1.82, 2.24) is 0 Å². The van der Waals surface area contributed by atoms with Crippen LogP contribution in [-0.2, 0) is 4.74 Å². The fourth-order valence-electron chi connectivity index (χ4n) is 0.490. The molecule has 0 rings (SSSR count). The van der Waals surface area contributed by atoms with E-state index >= 15 is 0 Å². The van der Waals surface area contributed by atoms with Crippen LogP contribution in [0.5, 0.6) is 0 Å². The monoisotopic (exact) mass is 125 g/mol. The van der Waals surface area contributed by atoms with Gasteiger partial charge in [0.1, 0.15) is 0 Å². The zero-order valence-corrected chi connectivity index (χ0v) is 5.79. The van der Waals surface area contributed by atoms with Crippen LogP contribution in [0.2, 0.25) is 0 Å². The Morgan fingerprint density at radius 2 is 2.44 bits per heavy atom. The van der Waals surface area contributed by atoms with Crippen LogP contribution in [0.25, 0.3) is 0 Å². The van der Waals surface area contributed by atoms with Crippen molar-refractivity contribution < 1.29 is 4.74 Å². The average molecular weight is 125 g/mol. The Hall–Kier alpha value is -0.810. The first-order chi connectivity index (χ1) is 4.35. The molecular weight excluding hydrogens is 114 g/mol. The topological polar surface area (TPSA) is 33.0 Å². The third-order valence-corrected chi connectivity index (χ3v) is 0.841. The van der Waals surface area contributed by atoms with Crippen molar-refractivity contribution in [3.05, 3.63) is 12.2 Å². The Morgan fingerprint density at radius 1 is 1.78 bits per heavy atom. The maximum Gasteiger partial charge on any atom is 0.162 e. The summed E-state index contributed by atoms with van der Waals surface area (Å²) < 4.78 is 4.98. The van der Waals surface area contributed by atoms with E-state index in [0.717, 1.165) is 0 Å². The van der Waals surface area contributed by atoms with Crippen molar-refractivity contribution in [2.45, 2.75) is 20.0 Å². The van der Waals surface area contributed by atoms with Crippen LogP contribution in [0, 0.1) is 11.3 Å². The molecule has 0 aliphatic rings. The van der Waals surface area contributed by atoms with E-state index in [-0.39, 0.29) is 6.10 Å². The third-order valence-electron chi connectivity index (χ3n) is 0.841. The molecular formula is C7H11NO. The van der Waals surface area contributed by atoms with Crippen molar-refractivity contribution in [1.29, 1.82) is 5.26 Å². The summed E-state index contributed by atoms with van der Waals surface area (Å²) in [7, 11) is 0. The summed E-state index contributed by atoms with van der Waals surface area (Å²) in [5.41, 5.74) is 0. The smallest absolute Gasteiger partial charge is 0.162 e. The van der Waals surface area contributed by atoms with Crippen molar-refractivity contribution in [2.75, 3.05) is 6.61 Å². The predicted molar refractivity (Wildman–Crippen MR) is 35.8 cm³/mol. The minimum Gasteiger partial charge on any atom is -0.360 e. The molecule has 0 fully saturated rings. The van der Waals surface area contributed by atoms with Crippen LogP contribution in [0.4, 0.5) is 0 Å². The minimum atomic E-state index is -0.361. The van der Waals surface area contributed by atoms with E-state index in [0.29, 0.717) is 6.61 Å². The summed E-state index contributed by atoms with van der Waals surface area (Å²) in [5.74, 6) is 0. The van der Waals surface area contributed by atoms with Gasteiger partial charge in [-0.05, 0) is 19.9 Å². The fraction of sp³-hybridized carbons (Fsp3) is 0.571. The molecule has 1 atom stereocenters. The predicted octanol–water partition coefficient (Wildman–Crippen LogP) is 1.49. The van der Waals surface area contributed by atoms with E-state index in [4.69, 9.17) is 10.00 Å². The summed E-state index contributed by atoms with van der Waals surface area (Å²) in [5, 5.41) is 8.36. The SMILES string of the molecule is CC=CC(C#N)OCC. The molecule has 0 aliphatic carbocycles. The van der Waals surface area contributed by atoms with Crippen LogP contribution in [-0.4, -0.2) is 12.7 Å². The molecule has 0 bridgehead atoms. The van der Waals surface area contributed by atoms with Crippen LogP contribution in [0.3, 0.4) is 0 Å². The lowest BCUT2D eigenvalue weighted by Gasteiger charge is -2.00. The second-order valence-corrected chi connectivity index (χ2v) is 1.53. The largest absolute Gasteiger partial charge is 0.360 e. The number of rotatable bonds is 3. The molecule has 0 amide bonds. The molecule has 9 heavy (non-hydrogen) atoms. The van der Waals surface area contributed by atoms with E-state index in [9.17, 15) is 0 Å². The van der Waals surface area contributed by atoms with Gasteiger partial charge in [-0.15, -0.1) is 0 Å². The second kappa shape index (κ2) is 5.33. The highest BCUT2D eigenvalue weighted by Crippen LogP contribution is 1.90. The molecule has 1 unspecified atom stereocenters. The molecule has 0 spiro atoms. The first-order valence-corrected chi connectivity index (χ1v) is 2.99. The molecule has 2 nitrogen and oxygen atoms in total. The number of hydrogen-bond acceptors (Lipinski definition) is 2. The van der Waals surface area contributed by atoms with E-state index in [1.54, 1.807) is 6.08 Å². The number of ether oxygens (including phenoxy) is 1. The summed E-state index contributed by atoms with van der Waals surface area (Å²) in [6.07, 6.45) is 3.17. The normalized spacial score (nSPS) is 13.4. The quantitative estimate of drug-likeness (QED) is 0.535. The molecule has 0 aromatic heterocycles. The van der Waals surface area contributed by atoms with Gasteiger partial charge in [-0.2, -0.15) is 5.26 Å². The van der Waals surface area contributed by atoms with Gasteiger partial charge in [0, 0.05) is 6.61 Å². The fourth-order valence-corrected chi connectivity index (χ4v) is 0.490.